The van der Waals surface area contributed by atoms with Gasteiger partial charge in [0, 0.05) is 18.8 Å². The molecule has 1 aliphatic carbocycles. The molecular weight excluding hydrogens is 260 g/mol. The second-order valence-electron chi connectivity index (χ2n) is 6.34. The average Bonchev–Trinajstić information content (AvgIpc) is 3.15. The van der Waals surface area contributed by atoms with Crippen molar-refractivity contribution in [1.29, 1.82) is 0 Å². The summed E-state index contributed by atoms with van der Waals surface area (Å²) in [7, 11) is 0. The highest BCUT2D eigenvalue weighted by atomic mass is 15.4. The van der Waals surface area contributed by atoms with E-state index >= 15 is 0 Å². The van der Waals surface area contributed by atoms with Gasteiger partial charge in [0.2, 0.25) is 0 Å². The Balaban J connectivity index is 1.44. The number of benzene rings is 1. The van der Waals surface area contributed by atoms with E-state index in [0.717, 1.165) is 19.5 Å². The van der Waals surface area contributed by atoms with E-state index in [4.69, 9.17) is 0 Å². The smallest absolute Gasteiger partial charge is 0.0692 e. The molecule has 0 amide bonds. The van der Waals surface area contributed by atoms with E-state index in [0.29, 0.717) is 11.5 Å². The van der Waals surface area contributed by atoms with Crippen molar-refractivity contribution in [2.24, 2.45) is 0 Å². The van der Waals surface area contributed by atoms with E-state index in [1.807, 2.05) is 10.9 Å². The van der Waals surface area contributed by atoms with E-state index in [9.17, 15) is 0 Å². The zero-order valence-corrected chi connectivity index (χ0v) is 12.7. The van der Waals surface area contributed by atoms with Crippen LogP contribution in [0.3, 0.4) is 0 Å². The highest BCUT2D eigenvalue weighted by Gasteiger charge is 2.35. The number of aryl methyl sites for hydroxylation is 1. The molecule has 1 aromatic heterocycles. The molecule has 4 nitrogen and oxygen atoms in total. The zero-order chi connectivity index (χ0) is 14.5. The molecule has 112 valence electrons. The summed E-state index contributed by atoms with van der Waals surface area (Å²) >= 11 is 0. The summed E-state index contributed by atoms with van der Waals surface area (Å²) in [4.78, 5) is 0. The van der Waals surface area contributed by atoms with Gasteiger partial charge in [-0.2, -0.15) is 0 Å². The van der Waals surface area contributed by atoms with Crippen molar-refractivity contribution in [2.75, 3.05) is 6.54 Å². The zero-order valence-electron chi connectivity index (χ0n) is 12.7. The summed E-state index contributed by atoms with van der Waals surface area (Å²) in [6.07, 6.45) is 8.53. The monoisotopic (exact) mass is 284 g/mol. The molecule has 1 heterocycles. The molecule has 4 heteroatoms. The van der Waals surface area contributed by atoms with Gasteiger partial charge in [-0.05, 0) is 43.2 Å². The number of hydrogen-bond donors (Lipinski definition) is 1. The Morgan fingerprint density at radius 3 is 2.95 bits per heavy atom. The third-order valence-corrected chi connectivity index (χ3v) is 4.68. The summed E-state index contributed by atoms with van der Waals surface area (Å²) in [6.45, 7) is 4.39. The van der Waals surface area contributed by atoms with E-state index in [1.54, 1.807) is 6.20 Å². The number of hydrogen-bond acceptors (Lipinski definition) is 3. The van der Waals surface area contributed by atoms with Crippen molar-refractivity contribution in [3.8, 4) is 0 Å². The predicted molar refractivity (Wildman–Crippen MR) is 84.1 cm³/mol. The number of nitrogens with one attached hydrogen (secondary N) is 1. The molecule has 0 saturated heterocycles. The molecular formula is C17H24N4. The van der Waals surface area contributed by atoms with Crippen LogP contribution in [0.15, 0.2) is 42.7 Å². The topological polar surface area (TPSA) is 42.7 Å². The molecule has 0 aliphatic heterocycles. The van der Waals surface area contributed by atoms with Crippen LogP contribution in [-0.2, 0) is 12.0 Å². The SMILES string of the molecule is C[C@@]1(c2ccccc2)CC[C@H](NCCCn2ccnn2)C1. The third-order valence-electron chi connectivity index (χ3n) is 4.68. The van der Waals surface area contributed by atoms with Crippen molar-refractivity contribution >= 4 is 0 Å². The Labute approximate surface area is 126 Å². The second kappa shape index (κ2) is 6.39. The van der Waals surface area contributed by atoms with E-state index in [-0.39, 0.29) is 0 Å². The molecule has 0 bridgehead atoms. The quantitative estimate of drug-likeness (QED) is 0.829. The molecule has 1 fully saturated rings. The highest BCUT2D eigenvalue weighted by Crippen LogP contribution is 2.40. The van der Waals surface area contributed by atoms with Crippen LogP contribution < -0.4 is 5.32 Å². The predicted octanol–water partition coefficient (Wildman–Crippen LogP) is 2.77. The summed E-state index contributed by atoms with van der Waals surface area (Å²) in [5.74, 6) is 0. The van der Waals surface area contributed by atoms with Crippen molar-refractivity contribution in [3.63, 3.8) is 0 Å². The maximum absolute atomic E-state index is 3.99. The minimum Gasteiger partial charge on any atom is -0.314 e. The molecule has 1 N–H and O–H groups in total. The first-order chi connectivity index (χ1) is 10.3. The van der Waals surface area contributed by atoms with Gasteiger partial charge < -0.3 is 5.32 Å². The minimum absolute atomic E-state index is 0.338. The van der Waals surface area contributed by atoms with Gasteiger partial charge in [-0.15, -0.1) is 5.10 Å². The molecule has 0 unspecified atom stereocenters. The summed E-state index contributed by atoms with van der Waals surface area (Å²) in [6, 6.07) is 11.6. The Hall–Kier alpha value is -1.68. The minimum atomic E-state index is 0.338. The van der Waals surface area contributed by atoms with Crippen LogP contribution in [0.2, 0.25) is 0 Å². The number of nitrogens with zero attached hydrogens (tertiary/aromatic N) is 3. The average molecular weight is 284 g/mol. The van der Waals surface area contributed by atoms with Crippen molar-refractivity contribution in [3.05, 3.63) is 48.3 Å². The maximum Gasteiger partial charge on any atom is 0.0692 e. The van der Waals surface area contributed by atoms with Gasteiger partial charge in [0.1, 0.15) is 0 Å². The van der Waals surface area contributed by atoms with E-state index < -0.39 is 0 Å². The summed E-state index contributed by atoms with van der Waals surface area (Å²) < 4.78 is 1.89. The molecule has 3 rings (SSSR count). The van der Waals surface area contributed by atoms with Crippen LogP contribution in [0.1, 0.15) is 38.2 Å². The third kappa shape index (κ3) is 3.50. The molecule has 0 spiro atoms. The van der Waals surface area contributed by atoms with Crippen molar-refractivity contribution < 1.29 is 0 Å². The molecule has 1 saturated carbocycles. The Morgan fingerprint density at radius 1 is 1.33 bits per heavy atom. The van der Waals surface area contributed by atoms with Gasteiger partial charge in [0.05, 0.1) is 6.20 Å². The Bertz CT molecular complexity index is 537. The van der Waals surface area contributed by atoms with Gasteiger partial charge in [0.25, 0.3) is 0 Å². The largest absolute Gasteiger partial charge is 0.314 e. The number of aromatic nitrogens is 3. The normalized spacial score (nSPS) is 25.3. The van der Waals surface area contributed by atoms with Crippen LogP contribution in [0.25, 0.3) is 0 Å². The fourth-order valence-electron chi connectivity index (χ4n) is 3.42. The number of rotatable bonds is 6. The lowest BCUT2D eigenvalue weighted by Crippen LogP contribution is -2.30. The fraction of sp³-hybridized carbons (Fsp3) is 0.529. The summed E-state index contributed by atoms with van der Waals surface area (Å²) in [5.41, 5.74) is 1.82. The van der Waals surface area contributed by atoms with E-state index in [2.05, 4.69) is 52.9 Å². The van der Waals surface area contributed by atoms with Crippen molar-refractivity contribution in [1.82, 2.24) is 20.3 Å². The van der Waals surface area contributed by atoms with Gasteiger partial charge in [-0.3, -0.25) is 4.68 Å². The lowest BCUT2D eigenvalue weighted by atomic mass is 9.81. The molecule has 21 heavy (non-hydrogen) atoms. The fourth-order valence-corrected chi connectivity index (χ4v) is 3.42. The van der Waals surface area contributed by atoms with Gasteiger partial charge in [-0.1, -0.05) is 42.5 Å². The Morgan fingerprint density at radius 2 is 2.19 bits per heavy atom. The molecule has 2 atom stereocenters. The van der Waals surface area contributed by atoms with Crippen LogP contribution in [0, 0.1) is 0 Å². The first kappa shape index (κ1) is 14.3. The van der Waals surface area contributed by atoms with Crippen molar-refractivity contribution in [2.45, 2.75) is 50.6 Å². The van der Waals surface area contributed by atoms with Gasteiger partial charge >= 0.3 is 0 Å². The van der Waals surface area contributed by atoms with Crippen LogP contribution >= 0.6 is 0 Å². The lowest BCUT2D eigenvalue weighted by molar-refractivity contribution is 0.440. The van der Waals surface area contributed by atoms with E-state index in [1.165, 1.54) is 24.8 Å². The first-order valence-electron chi connectivity index (χ1n) is 7.89. The van der Waals surface area contributed by atoms with Gasteiger partial charge in [0.15, 0.2) is 0 Å². The van der Waals surface area contributed by atoms with Gasteiger partial charge in [-0.25, -0.2) is 0 Å². The van der Waals surface area contributed by atoms with Crippen LogP contribution in [0.5, 0.6) is 0 Å². The second-order valence-corrected chi connectivity index (χ2v) is 6.34. The Kier molecular flexibility index (Phi) is 4.34. The standard InChI is InChI=1S/C17H24N4/c1-17(15-6-3-2-4-7-15)9-8-16(14-17)18-10-5-12-21-13-11-19-20-21/h2-4,6-7,11,13,16,18H,5,8-10,12,14H2,1H3/t16-,17+/m0/s1. The molecule has 2 aromatic rings. The van der Waals surface area contributed by atoms with Crippen LogP contribution in [0.4, 0.5) is 0 Å². The summed E-state index contributed by atoms with van der Waals surface area (Å²) in [5, 5.41) is 11.5. The molecule has 1 aliphatic rings. The molecule has 0 radical (unpaired) electrons. The molecule has 1 aromatic carbocycles. The first-order valence-corrected chi connectivity index (χ1v) is 7.89. The maximum atomic E-state index is 3.99. The lowest BCUT2D eigenvalue weighted by Gasteiger charge is -2.25. The van der Waals surface area contributed by atoms with Crippen LogP contribution in [-0.4, -0.2) is 27.6 Å². The highest BCUT2D eigenvalue weighted by molar-refractivity contribution is 5.26.